The molecular weight excluding hydrogens is 371 g/mol. The van der Waals surface area contributed by atoms with E-state index in [1.807, 2.05) is 12.1 Å². The lowest BCUT2D eigenvalue weighted by molar-refractivity contribution is -0.129. The first-order valence-electron chi connectivity index (χ1n) is 7.08. The van der Waals surface area contributed by atoms with Crippen molar-refractivity contribution in [1.29, 1.82) is 0 Å². The molecule has 0 aromatic heterocycles. The van der Waals surface area contributed by atoms with Gasteiger partial charge in [0.15, 0.2) is 0 Å². The van der Waals surface area contributed by atoms with E-state index >= 15 is 0 Å². The fraction of sp³-hybridized carbons (Fsp3) is 0.176. The maximum Gasteiger partial charge on any atom is 0.251 e. The maximum absolute atomic E-state index is 12.1. The van der Waals surface area contributed by atoms with Crippen LogP contribution in [0.1, 0.15) is 15.9 Å². The third kappa shape index (κ3) is 5.13. The molecular formula is C17H15Cl3N2O2. The average molecular weight is 386 g/mol. The molecule has 0 unspecified atom stereocenters. The number of rotatable bonds is 5. The minimum absolute atomic E-state index is 0.115. The van der Waals surface area contributed by atoms with Crippen LogP contribution in [-0.4, -0.2) is 30.3 Å². The molecule has 0 atom stereocenters. The summed E-state index contributed by atoms with van der Waals surface area (Å²) in [4.78, 5) is 25.7. The molecule has 0 aliphatic carbocycles. The quantitative estimate of drug-likeness (QED) is 0.844. The standard InChI is InChI=1S/C17H15Cl3N2O2/c1-22(10-11-3-2-4-13(18)7-11)16(23)9-21-17(24)12-5-6-14(19)15(20)8-12/h2-8H,9-10H2,1H3,(H,21,24). The molecule has 0 bridgehead atoms. The highest BCUT2D eigenvalue weighted by atomic mass is 35.5. The van der Waals surface area contributed by atoms with Gasteiger partial charge in [0.1, 0.15) is 0 Å². The van der Waals surface area contributed by atoms with Gasteiger partial charge in [-0.2, -0.15) is 0 Å². The lowest BCUT2D eigenvalue weighted by atomic mass is 10.2. The smallest absolute Gasteiger partial charge is 0.251 e. The van der Waals surface area contributed by atoms with Crippen LogP contribution >= 0.6 is 34.8 Å². The molecule has 0 saturated carbocycles. The van der Waals surface area contributed by atoms with Gasteiger partial charge in [-0.15, -0.1) is 0 Å². The first kappa shape index (κ1) is 18.6. The highest BCUT2D eigenvalue weighted by Crippen LogP contribution is 2.22. The summed E-state index contributed by atoms with van der Waals surface area (Å²) in [6, 6.07) is 11.8. The molecule has 0 aliphatic rings. The van der Waals surface area contributed by atoms with Crippen molar-refractivity contribution < 1.29 is 9.59 Å². The third-order valence-corrected chi connectivity index (χ3v) is 4.29. The molecule has 7 heteroatoms. The number of hydrogen-bond acceptors (Lipinski definition) is 2. The van der Waals surface area contributed by atoms with Crippen LogP contribution in [0.5, 0.6) is 0 Å². The molecule has 2 aromatic rings. The van der Waals surface area contributed by atoms with Gasteiger partial charge in [0.2, 0.25) is 5.91 Å². The van der Waals surface area contributed by atoms with Gasteiger partial charge >= 0.3 is 0 Å². The Morgan fingerprint density at radius 3 is 2.46 bits per heavy atom. The number of carbonyl (C=O) groups is 2. The number of carbonyl (C=O) groups excluding carboxylic acids is 2. The van der Waals surface area contributed by atoms with Gasteiger partial charge in [0, 0.05) is 24.2 Å². The zero-order chi connectivity index (χ0) is 17.7. The number of likely N-dealkylation sites (N-methyl/N-ethyl adjacent to an activating group) is 1. The van der Waals surface area contributed by atoms with Crippen LogP contribution in [-0.2, 0) is 11.3 Å². The van der Waals surface area contributed by atoms with Gasteiger partial charge in [-0.25, -0.2) is 0 Å². The van der Waals surface area contributed by atoms with Gasteiger partial charge in [-0.1, -0.05) is 46.9 Å². The number of hydrogen-bond donors (Lipinski definition) is 1. The van der Waals surface area contributed by atoms with Gasteiger partial charge in [-0.05, 0) is 35.9 Å². The summed E-state index contributed by atoms with van der Waals surface area (Å²) >= 11 is 17.6. The Morgan fingerprint density at radius 1 is 1.04 bits per heavy atom. The number of nitrogens with one attached hydrogen (secondary N) is 1. The summed E-state index contributed by atoms with van der Waals surface area (Å²) in [6.07, 6.45) is 0. The van der Waals surface area contributed by atoms with Crippen LogP contribution in [0.15, 0.2) is 42.5 Å². The molecule has 1 N–H and O–H groups in total. The molecule has 0 radical (unpaired) electrons. The van der Waals surface area contributed by atoms with Crippen LogP contribution in [0.25, 0.3) is 0 Å². The molecule has 2 amide bonds. The minimum atomic E-state index is -0.391. The highest BCUT2D eigenvalue weighted by molar-refractivity contribution is 6.42. The van der Waals surface area contributed by atoms with Crippen molar-refractivity contribution >= 4 is 46.6 Å². The van der Waals surface area contributed by atoms with E-state index in [-0.39, 0.29) is 17.5 Å². The van der Waals surface area contributed by atoms with Crippen molar-refractivity contribution in [3.8, 4) is 0 Å². The fourth-order valence-corrected chi connectivity index (χ4v) is 2.54. The van der Waals surface area contributed by atoms with E-state index in [2.05, 4.69) is 5.32 Å². The lowest BCUT2D eigenvalue weighted by Gasteiger charge is -2.18. The maximum atomic E-state index is 12.1. The zero-order valence-electron chi connectivity index (χ0n) is 12.9. The van der Waals surface area contributed by atoms with E-state index < -0.39 is 5.91 Å². The summed E-state index contributed by atoms with van der Waals surface area (Å²) in [5.41, 5.74) is 1.25. The number of nitrogens with zero attached hydrogens (tertiary/aromatic N) is 1. The van der Waals surface area contributed by atoms with Crippen molar-refractivity contribution in [3.05, 3.63) is 68.7 Å². The molecule has 24 heavy (non-hydrogen) atoms. The first-order valence-corrected chi connectivity index (χ1v) is 8.22. The molecule has 2 aromatic carbocycles. The van der Waals surface area contributed by atoms with E-state index in [0.717, 1.165) is 5.56 Å². The molecule has 4 nitrogen and oxygen atoms in total. The van der Waals surface area contributed by atoms with E-state index in [1.165, 1.54) is 17.0 Å². The molecule has 126 valence electrons. The van der Waals surface area contributed by atoms with E-state index in [4.69, 9.17) is 34.8 Å². The summed E-state index contributed by atoms with van der Waals surface area (Å²) in [5.74, 6) is -0.610. The first-order chi connectivity index (χ1) is 11.4. The van der Waals surface area contributed by atoms with Crippen LogP contribution in [0.4, 0.5) is 0 Å². The van der Waals surface area contributed by atoms with E-state index in [9.17, 15) is 9.59 Å². The molecule has 0 aliphatic heterocycles. The predicted octanol–water partition coefficient (Wildman–Crippen LogP) is 4.04. The largest absolute Gasteiger partial charge is 0.343 e. The van der Waals surface area contributed by atoms with Crippen molar-refractivity contribution in [2.75, 3.05) is 13.6 Å². The lowest BCUT2D eigenvalue weighted by Crippen LogP contribution is -2.37. The Bertz CT molecular complexity index is 765. The summed E-state index contributed by atoms with van der Waals surface area (Å²) in [7, 11) is 1.66. The average Bonchev–Trinajstić information content (AvgIpc) is 2.54. The van der Waals surface area contributed by atoms with Crippen LogP contribution in [0.3, 0.4) is 0 Å². The number of amides is 2. The number of halogens is 3. The van der Waals surface area contributed by atoms with Crippen LogP contribution in [0, 0.1) is 0 Å². The molecule has 0 spiro atoms. The third-order valence-electron chi connectivity index (χ3n) is 3.32. The van der Waals surface area contributed by atoms with Crippen molar-refractivity contribution in [2.45, 2.75) is 6.54 Å². The highest BCUT2D eigenvalue weighted by Gasteiger charge is 2.13. The second kappa shape index (κ2) is 8.38. The van der Waals surface area contributed by atoms with Crippen molar-refractivity contribution in [2.24, 2.45) is 0 Å². The monoisotopic (exact) mass is 384 g/mol. The zero-order valence-corrected chi connectivity index (χ0v) is 15.1. The van der Waals surface area contributed by atoms with Gasteiger partial charge < -0.3 is 10.2 Å². The van der Waals surface area contributed by atoms with E-state index in [0.29, 0.717) is 22.2 Å². The van der Waals surface area contributed by atoms with E-state index in [1.54, 1.807) is 25.2 Å². The second-order valence-electron chi connectivity index (χ2n) is 5.19. The Balaban J connectivity index is 1.89. The van der Waals surface area contributed by atoms with Gasteiger partial charge in [0.05, 0.1) is 16.6 Å². The Kier molecular flexibility index (Phi) is 6.49. The Labute approximate surface area is 155 Å². The summed E-state index contributed by atoms with van der Waals surface area (Å²) < 4.78 is 0. The second-order valence-corrected chi connectivity index (χ2v) is 6.44. The van der Waals surface area contributed by atoms with Crippen molar-refractivity contribution in [1.82, 2.24) is 10.2 Å². The van der Waals surface area contributed by atoms with Crippen LogP contribution < -0.4 is 5.32 Å². The number of benzene rings is 2. The predicted molar refractivity (Wildman–Crippen MR) is 96.7 cm³/mol. The fourth-order valence-electron chi connectivity index (χ4n) is 2.03. The van der Waals surface area contributed by atoms with Gasteiger partial charge in [0.25, 0.3) is 5.91 Å². The van der Waals surface area contributed by atoms with Crippen molar-refractivity contribution in [3.63, 3.8) is 0 Å². The minimum Gasteiger partial charge on any atom is -0.343 e. The van der Waals surface area contributed by atoms with Crippen LogP contribution in [0.2, 0.25) is 15.1 Å². The molecule has 0 heterocycles. The molecule has 2 rings (SSSR count). The SMILES string of the molecule is CN(Cc1cccc(Cl)c1)C(=O)CNC(=O)c1ccc(Cl)c(Cl)c1. The topological polar surface area (TPSA) is 49.4 Å². The Morgan fingerprint density at radius 2 is 1.79 bits per heavy atom. The summed E-state index contributed by atoms with van der Waals surface area (Å²) in [5, 5.41) is 3.83. The molecule has 0 fully saturated rings. The normalized spacial score (nSPS) is 10.3. The summed E-state index contributed by atoms with van der Waals surface area (Å²) in [6.45, 7) is 0.290. The Hall–Kier alpha value is -1.75. The van der Waals surface area contributed by atoms with Gasteiger partial charge in [-0.3, -0.25) is 9.59 Å². The molecule has 0 saturated heterocycles.